The summed E-state index contributed by atoms with van der Waals surface area (Å²) in [5, 5.41) is 11.1. The molecule has 1 spiro atoms. The van der Waals surface area contributed by atoms with Crippen molar-refractivity contribution in [1.82, 2.24) is 25.3 Å². The highest BCUT2D eigenvalue weighted by atomic mass is 19.1. The maximum absolute atomic E-state index is 16.0. The van der Waals surface area contributed by atoms with Crippen LogP contribution in [0.4, 0.5) is 10.1 Å². The van der Waals surface area contributed by atoms with Gasteiger partial charge in [-0.3, -0.25) is 19.6 Å². The highest BCUT2D eigenvalue weighted by molar-refractivity contribution is 6.02. The molecule has 5 heterocycles. The van der Waals surface area contributed by atoms with Crippen LogP contribution in [-0.4, -0.2) is 72.3 Å². The lowest BCUT2D eigenvalue weighted by molar-refractivity contribution is -0.134. The molecule has 1 aromatic heterocycles. The molecule has 4 saturated heterocycles. The fourth-order valence-corrected chi connectivity index (χ4v) is 7.48. The van der Waals surface area contributed by atoms with Crippen LogP contribution in [0.1, 0.15) is 63.5 Å². The van der Waals surface area contributed by atoms with Gasteiger partial charge in [0.05, 0.1) is 17.3 Å². The van der Waals surface area contributed by atoms with Gasteiger partial charge in [0.2, 0.25) is 11.8 Å². The number of rotatable bonds is 4. The number of imide groups is 1. The van der Waals surface area contributed by atoms with Crippen molar-refractivity contribution in [3.8, 4) is 0 Å². The maximum Gasteiger partial charge on any atom is 0.235 e. The first-order valence-electron chi connectivity index (χ1n) is 14.5. The largest absolute Gasteiger partial charge is 0.369 e. The zero-order valence-electron chi connectivity index (χ0n) is 22.8. The van der Waals surface area contributed by atoms with Crippen molar-refractivity contribution >= 4 is 28.4 Å². The zero-order chi connectivity index (χ0) is 26.4. The molecule has 1 aromatic carbocycles. The molecule has 0 radical (unpaired) electrons. The second kappa shape index (κ2) is 10.2. The van der Waals surface area contributed by atoms with Gasteiger partial charge in [-0.05, 0) is 94.1 Å². The summed E-state index contributed by atoms with van der Waals surface area (Å²) in [4.78, 5) is 28.9. The van der Waals surface area contributed by atoms with Gasteiger partial charge in [0.15, 0.2) is 5.82 Å². The Labute approximate surface area is 224 Å². The van der Waals surface area contributed by atoms with Gasteiger partial charge >= 0.3 is 0 Å². The van der Waals surface area contributed by atoms with Crippen LogP contribution in [0.5, 0.6) is 0 Å². The molecule has 0 saturated carbocycles. The molecular weight excluding hydrogens is 483 g/mol. The highest BCUT2D eigenvalue weighted by Gasteiger charge is 2.37. The number of fused-ring (bicyclic) bond motifs is 1. The molecule has 8 nitrogen and oxygen atoms in total. The summed E-state index contributed by atoms with van der Waals surface area (Å²) in [6, 6.07) is 3.76. The summed E-state index contributed by atoms with van der Waals surface area (Å²) < 4.78 is 17.5. The van der Waals surface area contributed by atoms with Gasteiger partial charge in [0, 0.05) is 38.5 Å². The Hall–Kier alpha value is -2.52. The minimum Gasteiger partial charge on any atom is -0.369 e. The maximum atomic E-state index is 16.0. The van der Waals surface area contributed by atoms with E-state index >= 15 is 4.39 Å². The fraction of sp³-hybridized carbons (Fsp3) is 0.690. The van der Waals surface area contributed by atoms with Crippen LogP contribution in [0, 0.1) is 23.1 Å². The van der Waals surface area contributed by atoms with Crippen LogP contribution in [0.3, 0.4) is 0 Å². The SMILES string of the molecule is C[C@H]1CN(c2ccc3c(C4CCC(=O)NC4=O)nn(C)c3c2F)CC[C@H]1CN1CCC2(CCNCC2)CC1. The second-order valence-corrected chi connectivity index (χ2v) is 12.3. The second-order valence-electron chi connectivity index (χ2n) is 12.3. The lowest BCUT2D eigenvalue weighted by Crippen LogP contribution is -2.49. The van der Waals surface area contributed by atoms with Crippen molar-refractivity contribution in [3.05, 3.63) is 23.6 Å². The number of carbonyl (C=O) groups excluding carboxylic acids is 2. The first-order chi connectivity index (χ1) is 18.3. The third-order valence-electron chi connectivity index (χ3n) is 10.0. The first-order valence-corrected chi connectivity index (χ1v) is 14.5. The summed E-state index contributed by atoms with van der Waals surface area (Å²) in [5.41, 5.74) is 2.18. The van der Waals surface area contributed by atoms with Crippen molar-refractivity contribution in [1.29, 1.82) is 0 Å². The highest BCUT2D eigenvalue weighted by Crippen LogP contribution is 2.41. The topological polar surface area (TPSA) is 82.5 Å². The molecule has 6 rings (SSSR count). The van der Waals surface area contributed by atoms with Crippen molar-refractivity contribution in [2.75, 3.05) is 50.7 Å². The van der Waals surface area contributed by atoms with Crippen LogP contribution in [0.15, 0.2) is 12.1 Å². The minimum absolute atomic E-state index is 0.261. The monoisotopic (exact) mass is 524 g/mol. The van der Waals surface area contributed by atoms with Gasteiger partial charge in [-0.25, -0.2) is 4.39 Å². The molecular formula is C29H41FN6O2. The minimum atomic E-state index is -0.531. The smallest absolute Gasteiger partial charge is 0.235 e. The molecule has 1 unspecified atom stereocenters. The Morgan fingerprint density at radius 3 is 2.55 bits per heavy atom. The van der Waals surface area contributed by atoms with Gasteiger partial charge in [-0.15, -0.1) is 0 Å². The van der Waals surface area contributed by atoms with E-state index in [1.807, 2.05) is 12.1 Å². The first kappa shape index (κ1) is 25.7. The average molecular weight is 525 g/mol. The molecule has 4 fully saturated rings. The van der Waals surface area contributed by atoms with Crippen LogP contribution < -0.4 is 15.5 Å². The number of nitrogens with one attached hydrogen (secondary N) is 2. The molecule has 0 aliphatic carbocycles. The van der Waals surface area contributed by atoms with Crippen molar-refractivity contribution in [2.24, 2.45) is 24.3 Å². The molecule has 2 aromatic rings. The third kappa shape index (κ3) is 4.72. The number of amides is 2. The lowest BCUT2D eigenvalue weighted by atomic mass is 9.71. The van der Waals surface area contributed by atoms with Crippen LogP contribution in [-0.2, 0) is 16.6 Å². The standard InChI is InChI=1S/C29H41FN6O2/c1-19-17-36(14-7-20(19)18-35-15-10-29(11-16-35)8-12-31-13-9-29)23-5-3-21-26(33-34(2)27(21)25(23)30)22-4-6-24(37)32-28(22)38/h3,5,19-20,22,31H,4,6-18H2,1-2H3,(H,32,37,38)/t19-,20-,22?/m0/s1. The van der Waals surface area contributed by atoms with E-state index in [0.717, 1.165) is 26.1 Å². The lowest BCUT2D eigenvalue weighted by Gasteiger charge is -2.46. The van der Waals surface area contributed by atoms with E-state index < -0.39 is 5.92 Å². The van der Waals surface area contributed by atoms with Crippen LogP contribution in [0.25, 0.3) is 10.9 Å². The number of hydrogen-bond acceptors (Lipinski definition) is 6. The predicted molar refractivity (Wildman–Crippen MR) is 145 cm³/mol. The van der Waals surface area contributed by atoms with E-state index in [0.29, 0.717) is 46.0 Å². The summed E-state index contributed by atoms with van der Waals surface area (Å²) in [5.74, 6) is -0.290. The summed E-state index contributed by atoms with van der Waals surface area (Å²) in [6.45, 7) is 9.94. The normalized spacial score (nSPS) is 28.7. The molecule has 9 heteroatoms. The average Bonchev–Trinajstić information content (AvgIpc) is 3.24. The number of aromatic nitrogens is 2. The summed E-state index contributed by atoms with van der Waals surface area (Å²) in [6.07, 6.45) is 7.07. The number of anilines is 1. The number of piperidine rings is 4. The molecule has 4 aliphatic heterocycles. The number of nitrogens with zero attached hydrogens (tertiary/aromatic N) is 4. The quantitative estimate of drug-likeness (QED) is 0.598. The van der Waals surface area contributed by atoms with E-state index in [1.54, 1.807) is 11.7 Å². The number of hydrogen-bond donors (Lipinski definition) is 2. The van der Waals surface area contributed by atoms with Gasteiger partial charge in [0.25, 0.3) is 0 Å². The molecule has 2 N–H and O–H groups in total. The zero-order valence-corrected chi connectivity index (χ0v) is 22.8. The number of benzene rings is 1. The van der Waals surface area contributed by atoms with E-state index in [2.05, 4.69) is 32.5 Å². The number of likely N-dealkylation sites (tertiary alicyclic amines) is 1. The molecule has 3 atom stereocenters. The van der Waals surface area contributed by atoms with Gasteiger partial charge in [-0.2, -0.15) is 5.10 Å². The molecule has 4 aliphatic rings. The summed E-state index contributed by atoms with van der Waals surface area (Å²) >= 11 is 0. The van der Waals surface area contributed by atoms with E-state index in [-0.39, 0.29) is 24.1 Å². The van der Waals surface area contributed by atoms with Crippen molar-refractivity contribution in [2.45, 2.75) is 57.8 Å². The molecule has 206 valence electrons. The predicted octanol–water partition coefficient (Wildman–Crippen LogP) is 3.16. The van der Waals surface area contributed by atoms with E-state index in [9.17, 15) is 9.59 Å². The number of aryl methyl sites for hydroxylation is 1. The van der Waals surface area contributed by atoms with Crippen LogP contribution >= 0.6 is 0 Å². The molecule has 2 amide bonds. The van der Waals surface area contributed by atoms with Gasteiger partial charge in [-0.1, -0.05) is 6.92 Å². The molecule has 38 heavy (non-hydrogen) atoms. The fourth-order valence-electron chi connectivity index (χ4n) is 7.48. The van der Waals surface area contributed by atoms with E-state index in [1.165, 1.54) is 51.9 Å². The Kier molecular flexibility index (Phi) is 6.93. The van der Waals surface area contributed by atoms with Crippen molar-refractivity contribution < 1.29 is 14.0 Å². The third-order valence-corrected chi connectivity index (χ3v) is 10.0. The number of halogens is 1. The Morgan fingerprint density at radius 2 is 1.84 bits per heavy atom. The van der Waals surface area contributed by atoms with Gasteiger partial charge in [0.1, 0.15) is 5.52 Å². The van der Waals surface area contributed by atoms with E-state index in [4.69, 9.17) is 0 Å². The Balaban J connectivity index is 1.12. The Bertz CT molecular complexity index is 1210. The molecule has 0 bridgehead atoms. The summed E-state index contributed by atoms with van der Waals surface area (Å²) in [7, 11) is 1.73. The number of carbonyl (C=O) groups is 2. The Morgan fingerprint density at radius 1 is 1.08 bits per heavy atom. The van der Waals surface area contributed by atoms with Gasteiger partial charge < -0.3 is 15.1 Å². The van der Waals surface area contributed by atoms with Crippen molar-refractivity contribution in [3.63, 3.8) is 0 Å². The van der Waals surface area contributed by atoms with Crippen LogP contribution in [0.2, 0.25) is 0 Å².